The van der Waals surface area contributed by atoms with E-state index >= 15 is 0 Å². The number of nitrogens with zero attached hydrogens (tertiary/aromatic N) is 2. The van der Waals surface area contributed by atoms with Crippen molar-refractivity contribution in [2.45, 2.75) is 13.0 Å². The molecule has 1 unspecified atom stereocenters. The summed E-state index contributed by atoms with van der Waals surface area (Å²) in [4.78, 5) is 18.6. The number of hydrogen-bond acceptors (Lipinski definition) is 2. The molecule has 0 radical (unpaired) electrons. The lowest BCUT2D eigenvalue weighted by molar-refractivity contribution is 0.0744. The van der Waals surface area contributed by atoms with Crippen LogP contribution in [-0.2, 0) is 0 Å². The molecule has 3 nitrogen and oxygen atoms in total. The Kier molecular flexibility index (Phi) is 4.25. The Labute approximate surface area is 138 Å². The van der Waals surface area contributed by atoms with Crippen molar-refractivity contribution in [3.05, 3.63) is 77.5 Å². The first kappa shape index (κ1) is 16.1. The molecule has 0 bridgehead atoms. The highest BCUT2D eigenvalue weighted by Crippen LogP contribution is 2.24. The molecule has 0 aliphatic rings. The van der Waals surface area contributed by atoms with Crippen LogP contribution in [-0.4, -0.2) is 22.8 Å². The molecule has 0 saturated carbocycles. The molecule has 0 spiro atoms. The normalized spacial score (nSPS) is 12.2. The van der Waals surface area contributed by atoms with E-state index in [-0.39, 0.29) is 5.91 Å². The number of para-hydroxylation sites is 1. The van der Waals surface area contributed by atoms with E-state index < -0.39 is 17.7 Å². The molecule has 2 aromatic carbocycles. The van der Waals surface area contributed by atoms with Gasteiger partial charge in [0.2, 0.25) is 0 Å². The Balaban J connectivity index is 1.94. The van der Waals surface area contributed by atoms with Gasteiger partial charge in [-0.25, -0.2) is 8.78 Å². The van der Waals surface area contributed by atoms with E-state index in [0.717, 1.165) is 23.0 Å². The number of hydrogen-bond donors (Lipinski definition) is 0. The summed E-state index contributed by atoms with van der Waals surface area (Å²) in [6, 6.07) is 12.3. The predicted octanol–water partition coefficient (Wildman–Crippen LogP) is 4.35. The molecule has 0 saturated heterocycles. The van der Waals surface area contributed by atoms with E-state index in [4.69, 9.17) is 0 Å². The minimum atomic E-state index is -0.922. The van der Waals surface area contributed by atoms with Crippen LogP contribution in [0.4, 0.5) is 8.78 Å². The monoisotopic (exact) mass is 326 g/mol. The van der Waals surface area contributed by atoms with Gasteiger partial charge in [-0.3, -0.25) is 9.78 Å². The molecule has 122 valence electrons. The van der Waals surface area contributed by atoms with Gasteiger partial charge in [-0.1, -0.05) is 24.3 Å². The van der Waals surface area contributed by atoms with Crippen LogP contribution in [0, 0.1) is 11.6 Å². The maximum absolute atomic E-state index is 13.4. The number of rotatable bonds is 3. The minimum Gasteiger partial charge on any atom is -0.335 e. The Hall–Kier alpha value is -2.82. The van der Waals surface area contributed by atoms with E-state index in [0.29, 0.717) is 11.1 Å². The molecule has 3 rings (SSSR count). The molecular weight excluding hydrogens is 310 g/mol. The van der Waals surface area contributed by atoms with Gasteiger partial charge in [0, 0.05) is 18.6 Å². The molecule has 1 atom stereocenters. The highest BCUT2D eigenvalue weighted by molar-refractivity contribution is 6.05. The standard InChI is InChI=1S/C19H16F2N2O/c1-12(13-7-8-16(20)17(21)11-13)23(2)19(24)15-9-10-22-18-6-4-3-5-14(15)18/h3-12H,1-2H3. The van der Waals surface area contributed by atoms with Crippen molar-refractivity contribution >= 4 is 16.8 Å². The first-order valence-corrected chi connectivity index (χ1v) is 7.55. The fourth-order valence-electron chi connectivity index (χ4n) is 2.64. The maximum Gasteiger partial charge on any atom is 0.254 e. The SMILES string of the molecule is CC(c1ccc(F)c(F)c1)N(C)C(=O)c1ccnc2ccccc12. The van der Waals surface area contributed by atoms with Gasteiger partial charge in [-0.15, -0.1) is 0 Å². The fraction of sp³-hybridized carbons (Fsp3) is 0.158. The molecule has 0 aliphatic heterocycles. The predicted molar refractivity (Wildman–Crippen MR) is 88.6 cm³/mol. The lowest BCUT2D eigenvalue weighted by atomic mass is 10.0. The van der Waals surface area contributed by atoms with E-state index in [1.807, 2.05) is 24.3 Å². The van der Waals surface area contributed by atoms with E-state index in [1.54, 1.807) is 26.2 Å². The lowest BCUT2D eigenvalue weighted by Crippen LogP contribution is -2.30. The van der Waals surface area contributed by atoms with Gasteiger partial charge in [0.25, 0.3) is 5.91 Å². The molecule has 0 fully saturated rings. The fourth-order valence-corrected chi connectivity index (χ4v) is 2.64. The number of benzene rings is 2. The molecule has 24 heavy (non-hydrogen) atoms. The van der Waals surface area contributed by atoms with Crippen molar-refractivity contribution in [1.29, 1.82) is 0 Å². The third kappa shape index (κ3) is 2.85. The van der Waals surface area contributed by atoms with Crippen molar-refractivity contribution in [3.8, 4) is 0 Å². The van der Waals surface area contributed by atoms with Crippen molar-refractivity contribution < 1.29 is 13.6 Å². The summed E-state index contributed by atoms with van der Waals surface area (Å²) < 4.78 is 26.5. The summed E-state index contributed by atoms with van der Waals surface area (Å²) in [6.07, 6.45) is 1.59. The summed E-state index contributed by atoms with van der Waals surface area (Å²) in [6.45, 7) is 1.77. The van der Waals surface area contributed by atoms with Crippen LogP contribution in [0.15, 0.2) is 54.7 Å². The van der Waals surface area contributed by atoms with Crippen LogP contribution < -0.4 is 0 Å². The van der Waals surface area contributed by atoms with Crippen LogP contribution in [0.3, 0.4) is 0 Å². The third-order valence-electron chi connectivity index (χ3n) is 4.21. The van der Waals surface area contributed by atoms with Crippen molar-refractivity contribution in [1.82, 2.24) is 9.88 Å². The Bertz CT molecular complexity index is 906. The van der Waals surface area contributed by atoms with E-state index in [1.165, 1.54) is 11.0 Å². The summed E-state index contributed by atoms with van der Waals surface area (Å²) >= 11 is 0. The maximum atomic E-state index is 13.4. The molecule has 1 amide bonds. The van der Waals surface area contributed by atoms with Crippen LogP contribution in [0.1, 0.15) is 28.9 Å². The average molecular weight is 326 g/mol. The molecule has 3 aromatic rings. The Morgan fingerprint density at radius 2 is 1.83 bits per heavy atom. The molecule has 0 N–H and O–H groups in total. The molecule has 0 aliphatic carbocycles. The number of carbonyl (C=O) groups is 1. The molecule has 1 heterocycles. The van der Waals surface area contributed by atoms with Gasteiger partial charge < -0.3 is 4.90 Å². The van der Waals surface area contributed by atoms with Gasteiger partial charge in [-0.2, -0.15) is 0 Å². The average Bonchev–Trinajstić information content (AvgIpc) is 2.61. The second kappa shape index (κ2) is 6.35. The number of amides is 1. The number of fused-ring (bicyclic) bond motifs is 1. The second-order valence-electron chi connectivity index (χ2n) is 5.64. The van der Waals surface area contributed by atoms with E-state index in [9.17, 15) is 13.6 Å². The lowest BCUT2D eigenvalue weighted by Gasteiger charge is -2.26. The van der Waals surface area contributed by atoms with Crippen molar-refractivity contribution in [3.63, 3.8) is 0 Å². The Morgan fingerprint density at radius 3 is 2.58 bits per heavy atom. The van der Waals surface area contributed by atoms with Gasteiger partial charge in [-0.05, 0) is 36.8 Å². The number of carbonyl (C=O) groups excluding carboxylic acids is 1. The van der Waals surface area contributed by atoms with Crippen LogP contribution in [0.25, 0.3) is 10.9 Å². The highest BCUT2D eigenvalue weighted by atomic mass is 19.2. The number of halogens is 2. The third-order valence-corrected chi connectivity index (χ3v) is 4.21. The number of pyridine rings is 1. The molecule has 1 aromatic heterocycles. The highest BCUT2D eigenvalue weighted by Gasteiger charge is 2.21. The van der Waals surface area contributed by atoms with E-state index in [2.05, 4.69) is 4.98 Å². The smallest absolute Gasteiger partial charge is 0.254 e. The second-order valence-corrected chi connectivity index (χ2v) is 5.64. The van der Waals surface area contributed by atoms with Crippen LogP contribution >= 0.6 is 0 Å². The topological polar surface area (TPSA) is 33.2 Å². The quantitative estimate of drug-likeness (QED) is 0.717. The summed E-state index contributed by atoms with van der Waals surface area (Å²) in [7, 11) is 1.64. The van der Waals surface area contributed by atoms with Crippen LogP contribution in [0.5, 0.6) is 0 Å². The largest absolute Gasteiger partial charge is 0.335 e. The zero-order chi connectivity index (χ0) is 17.3. The Morgan fingerprint density at radius 1 is 1.08 bits per heavy atom. The van der Waals surface area contributed by atoms with Gasteiger partial charge in [0.15, 0.2) is 11.6 Å². The van der Waals surface area contributed by atoms with Crippen LogP contribution in [0.2, 0.25) is 0 Å². The van der Waals surface area contributed by atoms with Crippen molar-refractivity contribution in [2.75, 3.05) is 7.05 Å². The zero-order valence-electron chi connectivity index (χ0n) is 13.3. The van der Waals surface area contributed by atoms with Gasteiger partial charge in [0.05, 0.1) is 17.1 Å². The summed E-state index contributed by atoms with van der Waals surface area (Å²) in [5, 5.41) is 0.759. The zero-order valence-corrected chi connectivity index (χ0v) is 13.3. The molecular formula is C19H16F2N2O. The van der Waals surface area contributed by atoms with Gasteiger partial charge in [0.1, 0.15) is 0 Å². The molecule has 5 heteroatoms. The summed E-state index contributed by atoms with van der Waals surface area (Å²) in [5.41, 5.74) is 1.79. The summed E-state index contributed by atoms with van der Waals surface area (Å²) in [5.74, 6) is -2.03. The van der Waals surface area contributed by atoms with Crippen molar-refractivity contribution in [2.24, 2.45) is 0 Å². The first-order chi connectivity index (χ1) is 11.5. The minimum absolute atomic E-state index is 0.203. The van der Waals surface area contributed by atoms with Gasteiger partial charge >= 0.3 is 0 Å². The number of aromatic nitrogens is 1. The first-order valence-electron chi connectivity index (χ1n) is 7.55.